The maximum Gasteiger partial charge on any atom is 0.353 e. The highest BCUT2D eigenvalue weighted by atomic mass is 35.5. The largest absolute Gasteiger partial charge is 0.367 e. The van der Waals surface area contributed by atoms with Crippen molar-refractivity contribution in [3.63, 3.8) is 0 Å². The fourth-order valence-corrected chi connectivity index (χ4v) is 2.00. The summed E-state index contributed by atoms with van der Waals surface area (Å²) < 4.78 is 0. The number of hydrogen-bond acceptors (Lipinski definition) is 6. The van der Waals surface area contributed by atoms with E-state index < -0.39 is 4.92 Å². The summed E-state index contributed by atoms with van der Waals surface area (Å²) in [7, 11) is 1.54. The molecule has 2 N–H and O–H groups in total. The highest BCUT2D eigenvalue weighted by molar-refractivity contribution is 6.36. The minimum atomic E-state index is -0.571. The molecule has 1 aromatic carbocycles. The summed E-state index contributed by atoms with van der Waals surface area (Å²) >= 11 is 11.8. The van der Waals surface area contributed by atoms with Gasteiger partial charge in [-0.2, -0.15) is 0 Å². The second-order valence-corrected chi connectivity index (χ2v) is 4.52. The van der Waals surface area contributed by atoms with Gasteiger partial charge in [0.05, 0.1) is 15.6 Å². The highest BCUT2D eigenvalue weighted by Gasteiger charge is 2.22. The lowest BCUT2D eigenvalue weighted by Gasteiger charge is -2.09. The summed E-state index contributed by atoms with van der Waals surface area (Å²) in [6.07, 6.45) is 1.21. The molecule has 2 rings (SSSR count). The lowest BCUT2D eigenvalue weighted by Crippen LogP contribution is -2.05. The molecule has 0 amide bonds. The van der Waals surface area contributed by atoms with Crippen LogP contribution in [-0.4, -0.2) is 21.9 Å². The number of nitrogens with zero attached hydrogens (tertiary/aromatic N) is 3. The smallest absolute Gasteiger partial charge is 0.353 e. The summed E-state index contributed by atoms with van der Waals surface area (Å²) in [6.45, 7) is 0. The standard InChI is InChI=1S/C11H9Cl2N5O2/c1-14-10-9(18(19)20)11(16-5-15-10)17-8-3-2-6(12)4-7(8)13/h2-5H,1H3,(H2,14,15,16,17). The van der Waals surface area contributed by atoms with Crippen LogP contribution in [0.2, 0.25) is 10.0 Å². The number of benzene rings is 1. The molecule has 20 heavy (non-hydrogen) atoms. The SMILES string of the molecule is CNc1ncnc(Nc2ccc(Cl)cc2Cl)c1[N+](=O)[O-]. The second kappa shape index (κ2) is 5.89. The van der Waals surface area contributed by atoms with Crippen molar-refractivity contribution in [2.24, 2.45) is 0 Å². The molecular formula is C11H9Cl2N5O2. The lowest BCUT2D eigenvalue weighted by molar-refractivity contribution is -0.383. The second-order valence-electron chi connectivity index (χ2n) is 3.68. The van der Waals surface area contributed by atoms with Gasteiger partial charge in [0.2, 0.25) is 11.6 Å². The Morgan fingerprint density at radius 2 is 1.95 bits per heavy atom. The van der Waals surface area contributed by atoms with E-state index in [1.165, 1.54) is 19.4 Å². The van der Waals surface area contributed by atoms with Gasteiger partial charge in [0.15, 0.2) is 0 Å². The van der Waals surface area contributed by atoms with Crippen molar-refractivity contribution >= 4 is 46.2 Å². The van der Waals surface area contributed by atoms with Crippen molar-refractivity contribution < 1.29 is 4.92 Å². The molecule has 0 aliphatic carbocycles. The first kappa shape index (κ1) is 14.3. The van der Waals surface area contributed by atoms with Crippen LogP contribution in [0, 0.1) is 10.1 Å². The summed E-state index contributed by atoms with van der Waals surface area (Å²) in [6, 6.07) is 4.74. The lowest BCUT2D eigenvalue weighted by atomic mass is 10.3. The van der Waals surface area contributed by atoms with Crippen LogP contribution in [-0.2, 0) is 0 Å². The first-order valence-electron chi connectivity index (χ1n) is 5.42. The third-order valence-electron chi connectivity index (χ3n) is 2.43. The van der Waals surface area contributed by atoms with Crippen molar-refractivity contribution in [1.29, 1.82) is 0 Å². The molecule has 0 unspecified atom stereocenters. The Kier molecular flexibility index (Phi) is 4.21. The molecule has 104 valence electrons. The van der Waals surface area contributed by atoms with Crippen LogP contribution in [0.15, 0.2) is 24.5 Å². The molecule has 0 atom stereocenters. The van der Waals surface area contributed by atoms with E-state index in [4.69, 9.17) is 23.2 Å². The van der Waals surface area contributed by atoms with Crippen LogP contribution in [0.3, 0.4) is 0 Å². The van der Waals surface area contributed by atoms with Crippen molar-refractivity contribution in [3.8, 4) is 0 Å². The van der Waals surface area contributed by atoms with E-state index in [1.54, 1.807) is 12.1 Å². The van der Waals surface area contributed by atoms with E-state index in [2.05, 4.69) is 20.6 Å². The summed E-state index contributed by atoms with van der Waals surface area (Å²) in [5.74, 6) is 0.149. The number of nitro groups is 1. The number of nitrogens with one attached hydrogen (secondary N) is 2. The molecule has 0 saturated carbocycles. The molecule has 0 radical (unpaired) electrons. The van der Waals surface area contributed by atoms with Crippen LogP contribution in [0.1, 0.15) is 0 Å². The maximum absolute atomic E-state index is 11.1. The van der Waals surface area contributed by atoms with Gasteiger partial charge in [0, 0.05) is 12.1 Å². The van der Waals surface area contributed by atoms with Gasteiger partial charge in [0.1, 0.15) is 6.33 Å². The first-order valence-corrected chi connectivity index (χ1v) is 6.17. The minimum absolute atomic E-state index is 0.0403. The van der Waals surface area contributed by atoms with E-state index in [9.17, 15) is 10.1 Å². The zero-order valence-electron chi connectivity index (χ0n) is 10.2. The molecule has 0 bridgehead atoms. The Labute approximate surface area is 124 Å². The molecule has 0 saturated heterocycles. The minimum Gasteiger partial charge on any atom is -0.367 e. The number of halogens is 2. The Morgan fingerprint density at radius 1 is 1.25 bits per heavy atom. The van der Waals surface area contributed by atoms with E-state index in [1.807, 2.05) is 0 Å². The zero-order chi connectivity index (χ0) is 14.7. The fraction of sp³-hybridized carbons (Fsp3) is 0.0909. The predicted octanol–water partition coefficient (Wildman–Crippen LogP) is 3.48. The molecule has 9 heteroatoms. The number of aromatic nitrogens is 2. The molecule has 7 nitrogen and oxygen atoms in total. The average molecular weight is 314 g/mol. The normalized spacial score (nSPS) is 10.2. The van der Waals surface area contributed by atoms with E-state index in [0.29, 0.717) is 15.7 Å². The van der Waals surface area contributed by atoms with Gasteiger partial charge in [-0.3, -0.25) is 10.1 Å². The Bertz CT molecular complexity index is 665. The number of hydrogen-bond donors (Lipinski definition) is 2. The Hall–Kier alpha value is -2.12. The molecule has 1 heterocycles. The highest BCUT2D eigenvalue weighted by Crippen LogP contribution is 2.33. The van der Waals surface area contributed by atoms with Gasteiger partial charge < -0.3 is 10.6 Å². The van der Waals surface area contributed by atoms with E-state index >= 15 is 0 Å². The van der Waals surface area contributed by atoms with Crippen LogP contribution in [0.5, 0.6) is 0 Å². The fourth-order valence-electron chi connectivity index (χ4n) is 1.54. The van der Waals surface area contributed by atoms with Crippen LogP contribution < -0.4 is 10.6 Å². The first-order chi connectivity index (χ1) is 9.52. The molecular weight excluding hydrogens is 305 g/mol. The van der Waals surface area contributed by atoms with Gasteiger partial charge in [-0.15, -0.1) is 0 Å². The number of anilines is 3. The topological polar surface area (TPSA) is 93.0 Å². The van der Waals surface area contributed by atoms with E-state index in [0.717, 1.165) is 0 Å². The van der Waals surface area contributed by atoms with Gasteiger partial charge in [-0.25, -0.2) is 9.97 Å². The summed E-state index contributed by atoms with van der Waals surface area (Å²) in [4.78, 5) is 18.2. The van der Waals surface area contributed by atoms with Crippen molar-refractivity contribution in [1.82, 2.24) is 9.97 Å². The quantitative estimate of drug-likeness (QED) is 0.663. The van der Waals surface area contributed by atoms with Gasteiger partial charge in [-0.1, -0.05) is 23.2 Å². The molecule has 0 aliphatic rings. The van der Waals surface area contributed by atoms with Crippen molar-refractivity contribution in [2.75, 3.05) is 17.7 Å². The molecule has 2 aromatic rings. The third kappa shape index (κ3) is 2.89. The Balaban J connectivity index is 2.45. The van der Waals surface area contributed by atoms with Crippen molar-refractivity contribution in [3.05, 3.63) is 44.7 Å². The predicted molar refractivity (Wildman–Crippen MR) is 78.0 cm³/mol. The van der Waals surface area contributed by atoms with E-state index in [-0.39, 0.29) is 17.3 Å². The van der Waals surface area contributed by atoms with Gasteiger partial charge >= 0.3 is 5.69 Å². The monoisotopic (exact) mass is 313 g/mol. The zero-order valence-corrected chi connectivity index (χ0v) is 11.7. The number of rotatable bonds is 4. The van der Waals surface area contributed by atoms with Crippen LogP contribution in [0.4, 0.5) is 23.0 Å². The van der Waals surface area contributed by atoms with Crippen molar-refractivity contribution in [2.45, 2.75) is 0 Å². The third-order valence-corrected chi connectivity index (χ3v) is 2.97. The molecule has 0 aliphatic heterocycles. The summed E-state index contributed by atoms with van der Waals surface area (Å²) in [5.41, 5.74) is 0.195. The average Bonchev–Trinajstić information content (AvgIpc) is 2.41. The maximum atomic E-state index is 11.1. The van der Waals surface area contributed by atoms with Crippen LogP contribution >= 0.6 is 23.2 Å². The summed E-state index contributed by atoms with van der Waals surface area (Å²) in [5, 5.41) is 17.4. The van der Waals surface area contributed by atoms with Gasteiger partial charge in [-0.05, 0) is 18.2 Å². The van der Waals surface area contributed by atoms with Gasteiger partial charge in [0.25, 0.3) is 0 Å². The Morgan fingerprint density at radius 3 is 2.55 bits per heavy atom. The molecule has 0 fully saturated rings. The molecule has 0 spiro atoms. The van der Waals surface area contributed by atoms with Crippen LogP contribution in [0.25, 0.3) is 0 Å². The molecule has 1 aromatic heterocycles.